The Morgan fingerprint density at radius 3 is 1.20 bits per heavy atom. The van der Waals surface area contributed by atoms with Gasteiger partial charge in [-0.25, -0.2) is 0 Å². The Bertz CT molecular complexity index is 205. The summed E-state index contributed by atoms with van der Waals surface area (Å²) in [6.07, 6.45) is 0. The Kier molecular flexibility index (Phi) is 2.85. The van der Waals surface area contributed by atoms with Crippen molar-refractivity contribution in [1.29, 1.82) is 0 Å². The summed E-state index contributed by atoms with van der Waals surface area (Å²) in [5.41, 5.74) is -0.0506. The lowest BCUT2D eigenvalue weighted by atomic mass is 9.93. The fraction of sp³-hybridized carbons (Fsp3) is 1.00. The molecule has 6 heteroatoms. The molecule has 0 bridgehead atoms. The van der Waals surface area contributed by atoms with Gasteiger partial charge in [-0.1, -0.05) is 0 Å². The summed E-state index contributed by atoms with van der Waals surface area (Å²) in [5, 5.41) is 0. The fourth-order valence-electron chi connectivity index (χ4n) is 1.64. The van der Waals surface area contributed by atoms with Gasteiger partial charge in [0.15, 0.2) is 0 Å². The summed E-state index contributed by atoms with van der Waals surface area (Å²) in [5.74, 6) is 0. The molecule has 2 saturated heterocycles. The molecule has 4 nitrogen and oxygen atoms in total. The van der Waals surface area contributed by atoms with Crippen molar-refractivity contribution < 1.29 is 17.7 Å². The highest BCUT2D eigenvalue weighted by Gasteiger charge is 2.47. The predicted octanol–water partition coefficient (Wildman–Crippen LogP) is 1.47. The second kappa shape index (κ2) is 3.64. The first-order chi connectivity index (χ1) is 6.83. The largest absolute Gasteiger partial charge is 0.394 e. The number of hydrogen-bond acceptors (Lipinski definition) is 4. The first kappa shape index (κ1) is 11.8. The van der Waals surface area contributed by atoms with Crippen LogP contribution in [-0.4, -0.2) is 43.5 Å². The third-order valence-corrected chi connectivity index (χ3v) is 6.26. The molecule has 0 aromatic carbocycles. The summed E-state index contributed by atoms with van der Waals surface area (Å²) < 4.78 is 23.2. The van der Waals surface area contributed by atoms with Crippen molar-refractivity contribution in [2.24, 2.45) is 5.41 Å². The van der Waals surface area contributed by atoms with E-state index < -0.39 is 17.1 Å². The highest BCUT2D eigenvalue weighted by atomic mass is 28.4. The summed E-state index contributed by atoms with van der Waals surface area (Å²) in [6, 6.07) is 0. The van der Waals surface area contributed by atoms with E-state index in [1.54, 1.807) is 0 Å². The van der Waals surface area contributed by atoms with Gasteiger partial charge in [-0.05, 0) is 26.2 Å². The van der Waals surface area contributed by atoms with Gasteiger partial charge in [0.2, 0.25) is 0 Å². The minimum Gasteiger partial charge on any atom is -0.394 e. The Labute approximate surface area is 93.4 Å². The zero-order valence-corrected chi connectivity index (χ0v) is 12.0. The Morgan fingerprint density at radius 2 is 0.933 bits per heavy atom. The molecule has 0 aromatic heterocycles. The molecule has 0 unspecified atom stereocenters. The topological polar surface area (TPSA) is 36.9 Å². The maximum atomic E-state index is 5.80. The van der Waals surface area contributed by atoms with E-state index >= 15 is 0 Å². The van der Waals surface area contributed by atoms with E-state index in [-0.39, 0.29) is 5.41 Å². The van der Waals surface area contributed by atoms with E-state index in [1.807, 2.05) is 0 Å². The smallest absolute Gasteiger partial charge is 0.331 e. The molecule has 0 radical (unpaired) electrons. The van der Waals surface area contributed by atoms with Gasteiger partial charge in [-0.2, -0.15) is 0 Å². The van der Waals surface area contributed by atoms with Gasteiger partial charge in [0.25, 0.3) is 0 Å². The molecule has 88 valence electrons. The highest BCUT2D eigenvalue weighted by molar-refractivity contribution is 6.65. The molecule has 0 aliphatic carbocycles. The van der Waals surface area contributed by atoms with Crippen molar-refractivity contribution in [1.82, 2.24) is 0 Å². The van der Waals surface area contributed by atoms with Crippen LogP contribution in [0.5, 0.6) is 0 Å². The van der Waals surface area contributed by atoms with Crippen molar-refractivity contribution in [2.75, 3.05) is 26.4 Å². The van der Waals surface area contributed by atoms with Crippen molar-refractivity contribution in [3.05, 3.63) is 0 Å². The van der Waals surface area contributed by atoms with Gasteiger partial charge >= 0.3 is 17.1 Å². The van der Waals surface area contributed by atoms with E-state index in [4.69, 9.17) is 17.7 Å². The first-order valence-electron chi connectivity index (χ1n) is 5.39. The molecule has 0 N–H and O–H groups in total. The van der Waals surface area contributed by atoms with Crippen molar-refractivity contribution in [3.8, 4) is 0 Å². The van der Waals surface area contributed by atoms with E-state index in [1.165, 1.54) is 0 Å². The molecule has 0 amide bonds. The second-order valence-electron chi connectivity index (χ2n) is 5.45. The molecule has 1 spiro atoms. The zero-order valence-electron chi connectivity index (χ0n) is 9.96. The average molecular weight is 248 g/mol. The third kappa shape index (κ3) is 2.69. The van der Waals surface area contributed by atoms with E-state index in [2.05, 4.69) is 26.2 Å². The van der Waals surface area contributed by atoms with Crippen LogP contribution < -0.4 is 0 Å². The SMILES string of the molecule is C[Si]1(C)OCC2(CO1)CO[Si](C)(C)OC2. The molecule has 2 aliphatic rings. The van der Waals surface area contributed by atoms with Crippen LogP contribution in [0.2, 0.25) is 26.2 Å². The van der Waals surface area contributed by atoms with E-state index in [9.17, 15) is 0 Å². The van der Waals surface area contributed by atoms with Crippen LogP contribution in [0.25, 0.3) is 0 Å². The molecule has 2 rings (SSSR count). The number of rotatable bonds is 0. The molecule has 0 saturated carbocycles. The lowest BCUT2D eigenvalue weighted by molar-refractivity contribution is -0.0934. The van der Waals surface area contributed by atoms with Crippen LogP contribution in [0.3, 0.4) is 0 Å². The summed E-state index contributed by atoms with van der Waals surface area (Å²) in [4.78, 5) is 0. The lowest BCUT2D eigenvalue weighted by Crippen LogP contribution is -2.59. The van der Waals surface area contributed by atoms with Crippen LogP contribution in [0.4, 0.5) is 0 Å². The summed E-state index contributed by atoms with van der Waals surface area (Å²) >= 11 is 0. The molecular weight excluding hydrogens is 228 g/mol. The van der Waals surface area contributed by atoms with Crippen molar-refractivity contribution in [3.63, 3.8) is 0 Å². The van der Waals surface area contributed by atoms with Crippen LogP contribution in [0.1, 0.15) is 0 Å². The normalized spacial score (nSPS) is 32.8. The second-order valence-corrected chi connectivity index (χ2v) is 12.2. The Hall–Kier alpha value is 0.274. The Morgan fingerprint density at radius 1 is 0.667 bits per heavy atom. The van der Waals surface area contributed by atoms with Gasteiger partial charge in [0.1, 0.15) is 0 Å². The van der Waals surface area contributed by atoms with Gasteiger partial charge in [-0.15, -0.1) is 0 Å². The molecule has 0 atom stereocenters. The van der Waals surface area contributed by atoms with Gasteiger partial charge < -0.3 is 17.7 Å². The molecule has 0 aromatic rings. The molecule has 15 heavy (non-hydrogen) atoms. The standard InChI is InChI=1S/C9H20O4Si2/c1-14(2)10-5-9(6-11-14)7-12-15(3,4)13-8-9/h5-8H2,1-4H3. The first-order valence-corrected chi connectivity index (χ1v) is 11.0. The minimum absolute atomic E-state index is 0.0506. The van der Waals surface area contributed by atoms with Crippen LogP contribution in [-0.2, 0) is 17.7 Å². The van der Waals surface area contributed by atoms with Gasteiger partial charge in [0.05, 0.1) is 5.41 Å². The van der Waals surface area contributed by atoms with E-state index in [0.29, 0.717) is 0 Å². The van der Waals surface area contributed by atoms with Crippen molar-refractivity contribution in [2.45, 2.75) is 26.2 Å². The predicted molar refractivity (Wildman–Crippen MR) is 61.2 cm³/mol. The molecular formula is C9H20O4Si2. The molecule has 2 heterocycles. The van der Waals surface area contributed by atoms with Gasteiger partial charge in [0, 0.05) is 26.4 Å². The summed E-state index contributed by atoms with van der Waals surface area (Å²) in [6.45, 7) is 11.2. The monoisotopic (exact) mass is 248 g/mol. The average Bonchev–Trinajstić information content (AvgIpc) is 2.15. The van der Waals surface area contributed by atoms with Crippen LogP contribution in [0, 0.1) is 5.41 Å². The quantitative estimate of drug-likeness (QED) is 0.608. The highest BCUT2D eigenvalue weighted by Crippen LogP contribution is 2.33. The molecule has 2 fully saturated rings. The van der Waals surface area contributed by atoms with Crippen LogP contribution >= 0.6 is 0 Å². The van der Waals surface area contributed by atoms with Gasteiger partial charge in [-0.3, -0.25) is 0 Å². The van der Waals surface area contributed by atoms with Crippen molar-refractivity contribution >= 4 is 17.1 Å². The zero-order chi connectivity index (χ0) is 11.2. The number of hydrogen-bond donors (Lipinski definition) is 0. The third-order valence-electron chi connectivity index (χ3n) is 2.90. The van der Waals surface area contributed by atoms with Crippen LogP contribution in [0.15, 0.2) is 0 Å². The maximum absolute atomic E-state index is 5.80. The van der Waals surface area contributed by atoms with E-state index in [0.717, 1.165) is 26.4 Å². The Balaban J connectivity index is 1.95. The molecule has 2 aliphatic heterocycles. The summed E-state index contributed by atoms with van der Waals surface area (Å²) in [7, 11) is -3.67. The minimum atomic E-state index is -1.84. The fourth-order valence-corrected chi connectivity index (χ4v) is 4.42. The lowest BCUT2D eigenvalue weighted by Gasteiger charge is -2.47. The maximum Gasteiger partial charge on any atom is 0.331 e.